The van der Waals surface area contributed by atoms with Gasteiger partial charge in [0.15, 0.2) is 5.69 Å². The Balaban J connectivity index is 1.70. The summed E-state index contributed by atoms with van der Waals surface area (Å²) < 4.78 is 65.7. The zero-order valence-corrected chi connectivity index (χ0v) is 19.8. The largest absolute Gasteiger partial charge is 0.435 e. The van der Waals surface area contributed by atoms with Crippen LogP contribution in [0.2, 0.25) is 0 Å². The quantitative estimate of drug-likeness (QED) is 0.494. The van der Waals surface area contributed by atoms with Gasteiger partial charge in [0.2, 0.25) is 5.88 Å². The summed E-state index contributed by atoms with van der Waals surface area (Å²) in [4.78, 5) is 13.2. The minimum absolute atomic E-state index is 0.0448. The number of carbonyl (C=O) groups excluding carboxylic acids is 1. The van der Waals surface area contributed by atoms with Crippen LogP contribution in [0, 0.1) is 11.7 Å². The number of amides is 1. The average Bonchev–Trinajstić information content (AvgIpc) is 3.51. The van der Waals surface area contributed by atoms with E-state index in [2.05, 4.69) is 25.7 Å². The zero-order chi connectivity index (χ0) is 25.6. The highest BCUT2D eigenvalue weighted by molar-refractivity contribution is 7.91. The Kier molecular flexibility index (Phi) is 5.99. The number of nitrogens with zero attached hydrogens (tertiary/aromatic N) is 4. The normalized spacial score (nSPS) is 16.3. The molecule has 0 saturated heterocycles. The summed E-state index contributed by atoms with van der Waals surface area (Å²) in [5, 5.41) is 17.3. The lowest BCUT2D eigenvalue weighted by Gasteiger charge is -2.16. The van der Waals surface area contributed by atoms with Gasteiger partial charge in [-0.2, -0.15) is 18.3 Å². The van der Waals surface area contributed by atoms with Crippen LogP contribution in [0.25, 0.3) is 0 Å². The van der Waals surface area contributed by atoms with Gasteiger partial charge in [-0.05, 0) is 49.6 Å². The third-order valence-electron chi connectivity index (χ3n) is 5.68. The molecule has 1 amide bonds. The number of benzene rings is 1. The number of anilines is 1. The van der Waals surface area contributed by atoms with Crippen LogP contribution in [-0.4, -0.2) is 36.8 Å². The van der Waals surface area contributed by atoms with Crippen LogP contribution in [0.1, 0.15) is 47.1 Å². The number of aromatic nitrogens is 4. The minimum atomic E-state index is -4.86. The van der Waals surface area contributed by atoms with Crippen molar-refractivity contribution in [1.82, 2.24) is 20.4 Å². The predicted octanol–water partition coefficient (Wildman–Crippen LogP) is 4.73. The van der Waals surface area contributed by atoms with Crippen LogP contribution in [0.5, 0.6) is 11.8 Å². The monoisotopic (exact) mass is 506 g/mol. The van der Waals surface area contributed by atoms with Crippen LogP contribution < -0.4 is 10.1 Å². The third kappa shape index (κ3) is 5.24. The van der Waals surface area contributed by atoms with E-state index in [0.29, 0.717) is 0 Å². The molecule has 1 aliphatic carbocycles. The van der Waals surface area contributed by atoms with E-state index in [9.17, 15) is 22.2 Å². The summed E-state index contributed by atoms with van der Waals surface area (Å²) in [6, 6.07) is 8.88. The summed E-state index contributed by atoms with van der Waals surface area (Å²) in [6.45, 7) is 3.12. The number of carbonyl (C=O) groups is 1. The molecule has 1 unspecified atom stereocenters. The molecule has 9 nitrogen and oxygen atoms in total. The maximum atomic E-state index is 13.5. The lowest BCUT2D eigenvalue weighted by atomic mass is 10.1. The Morgan fingerprint density at radius 1 is 1.14 bits per heavy atom. The van der Waals surface area contributed by atoms with E-state index < -0.39 is 44.5 Å². The van der Waals surface area contributed by atoms with Gasteiger partial charge in [0, 0.05) is 28.3 Å². The van der Waals surface area contributed by atoms with Crippen molar-refractivity contribution in [2.75, 3.05) is 11.6 Å². The van der Waals surface area contributed by atoms with Gasteiger partial charge in [-0.15, -0.1) is 15.3 Å². The summed E-state index contributed by atoms with van der Waals surface area (Å²) in [6.07, 6.45) is -1.69. The summed E-state index contributed by atoms with van der Waals surface area (Å²) in [5.41, 5.74) is -1.48. The second-order valence-corrected chi connectivity index (χ2v) is 10.8. The molecule has 0 aliphatic heterocycles. The van der Waals surface area contributed by atoms with Crippen molar-refractivity contribution in [3.63, 3.8) is 0 Å². The van der Waals surface area contributed by atoms with Crippen molar-refractivity contribution in [2.45, 2.75) is 43.2 Å². The molecular weight excluding hydrogens is 485 g/mol. The highest BCUT2D eigenvalue weighted by Gasteiger charge is 2.41. The lowest BCUT2D eigenvalue weighted by molar-refractivity contribution is -0.142. The fraction of sp³-hybridized carbons (Fsp3) is 0.318. The molecule has 1 aliphatic rings. The van der Waals surface area contributed by atoms with E-state index in [4.69, 9.17) is 9.52 Å². The van der Waals surface area contributed by atoms with E-state index in [1.165, 1.54) is 36.6 Å². The third-order valence-corrected chi connectivity index (χ3v) is 6.84. The van der Waals surface area contributed by atoms with Crippen LogP contribution in [0.15, 0.2) is 41.3 Å². The molecule has 0 radical (unpaired) electrons. The van der Waals surface area contributed by atoms with E-state index >= 15 is 0 Å². The van der Waals surface area contributed by atoms with E-state index in [-0.39, 0.29) is 21.9 Å². The number of rotatable bonds is 6. The molecule has 2 aromatic heterocycles. The molecule has 184 valence electrons. The van der Waals surface area contributed by atoms with E-state index in [0.717, 1.165) is 25.5 Å². The number of hydrogen-bond acceptors (Lipinski definition) is 8. The maximum absolute atomic E-state index is 13.5. The van der Waals surface area contributed by atoms with Gasteiger partial charge in [0.1, 0.15) is 5.56 Å². The first kappa shape index (κ1) is 24.5. The van der Waals surface area contributed by atoms with Crippen molar-refractivity contribution >= 4 is 21.3 Å². The molecule has 35 heavy (non-hydrogen) atoms. The van der Waals surface area contributed by atoms with Crippen LogP contribution in [-0.2, 0) is 21.3 Å². The van der Waals surface area contributed by atoms with Crippen molar-refractivity contribution in [3.05, 3.63) is 58.9 Å². The van der Waals surface area contributed by atoms with Crippen LogP contribution in [0.4, 0.5) is 18.9 Å². The molecule has 13 heteroatoms. The molecule has 1 atom stereocenters. The van der Waals surface area contributed by atoms with Gasteiger partial charge >= 0.3 is 6.18 Å². The van der Waals surface area contributed by atoms with Gasteiger partial charge in [-0.25, -0.2) is 8.99 Å². The van der Waals surface area contributed by atoms with Crippen molar-refractivity contribution in [2.24, 2.45) is 0 Å². The highest BCUT2D eigenvalue weighted by Crippen LogP contribution is 2.46. The summed E-state index contributed by atoms with van der Waals surface area (Å²) in [7, 11) is -3.08. The fourth-order valence-corrected chi connectivity index (χ4v) is 4.05. The SMILES string of the molecule is Cc1c(C(F)(F)F)nnc(Oc2ccc(C3(C)CC3)nn2)c1C(=O)Nc1cccc(S(C)(=N)=O)c1. The first-order valence-electron chi connectivity index (χ1n) is 10.4. The molecule has 2 heterocycles. The summed E-state index contributed by atoms with van der Waals surface area (Å²) >= 11 is 0. The van der Waals surface area contributed by atoms with Crippen molar-refractivity contribution < 1.29 is 26.9 Å². The Hall–Kier alpha value is -3.61. The smallest absolute Gasteiger partial charge is 0.417 e. The molecular formula is C22H21F3N6O3S. The standard InChI is InChI=1S/C22H21F3N6O3S/c1-12-17(19(32)27-13-5-4-6-14(11-13)35(3,26)33)20(31-30-18(12)22(23,24)25)34-16-8-7-15(28-29-16)21(2)9-10-21/h4-8,11,26H,9-10H2,1-3H3,(H,27,32). The van der Waals surface area contributed by atoms with Gasteiger partial charge in [-0.3, -0.25) is 4.79 Å². The number of ether oxygens (including phenoxy) is 1. The van der Waals surface area contributed by atoms with Gasteiger partial charge < -0.3 is 10.1 Å². The van der Waals surface area contributed by atoms with Crippen LogP contribution in [0.3, 0.4) is 0 Å². The summed E-state index contributed by atoms with van der Waals surface area (Å²) in [5.74, 6) is -1.51. The number of alkyl halides is 3. The second kappa shape index (κ2) is 8.56. The maximum Gasteiger partial charge on any atom is 0.435 e. The average molecular weight is 507 g/mol. The Morgan fingerprint density at radius 2 is 1.86 bits per heavy atom. The van der Waals surface area contributed by atoms with Gasteiger partial charge in [-0.1, -0.05) is 13.0 Å². The topological polar surface area (TPSA) is 131 Å². The minimum Gasteiger partial charge on any atom is -0.417 e. The zero-order valence-electron chi connectivity index (χ0n) is 18.9. The predicted molar refractivity (Wildman–Crippen MR) is 120 cm³/mol. The molecule has 2 N–H and O–H groups in total. The number of hydrogen-bond donors (Lipinski definition) is 2. The van der Waals surface area contributed by atoms with Gasteiger partial charge in [0.05, 0.1) is 15.4 Å². The van der Waals surface area contributed by atoms with Crippen molar-refractivity contribution in [1.29, 1.82) is 4.78 Å². The molecule has 0 bridgehead atoms. The number of nitrogens with one attached hydrogen (secondary N) is 2. The fourth-order valence-electron chi connectivity index (χ4n) is 3.36. The first-order chi connectivity index (χ1) is 16.3. The highest BCUT2D eigenvalue weighted by atomic mass is 32.2. The Bertz CT molecular complexity index is 1400. The second-order valence-electron chi connectivity index (χ2n) is 8.60. The van der Waals surface area contributed by atoms with E-state index in [1.807, 2.05) is 6.92 Å². The van der Waals surface area contributed by atoms with Crippen molar-refractivity contribution in [3.8, 4) is 11.8 Å². The van der Waals surface area contributed by atoms with Crippen LogP contribution >= 0.6 is 0 Å². The first-order valence-corrected chi connectivity index (χ1v) is 12.4. The molecule has 1 aromatic carbocycles. The molecule has 1 saturated carbocycles. The number of halogens is 3. The molecule has 4 rings (SSSR count). The molecule has 0 spiro atoms. The molecule has 3 aromatic rings. The Labute approximate surface area is 199 Å². The Morgan fingerprint density at radius 3 is 2.43 bits per heavy atom. The lowest BCUT2D eigenvalue weighted by Crippen LogP contribution is -2.21. The van der Waals surface area contributed by atoms with Gasteiger partial charge in [0.25, 0.3) is 11.8 Å². The van der Waals surface area contributed by atoms with E-state index in [1.54, 1.807) is 6.07 Å². The molecule has 1 fully saturated rings.